The zero-order valence-corrected chi connectivity index (χ0v) is 15.1. The van der Waals surface area contributed by atoms with Crippen LogP contribution in [0.1, 0.15) is 14.9 Å². The topological polar surface area (TPSA) is 0 Å². The zero-order valence-electron chi connectivity index (χ0n) is 6.05. The molecule has 0 rings (SSSR count). The van der Waals surface area contributed by atoms with Crippen LogP contribution >= 0.6 is 95.1 Å². The van der Waals surface area contributed by atoms with Gasteiger partial charge in [0.05, 0.1) is 0 Å². The Morgan fingerprint density at radius 1 is 0.625 bits per heavy atom. The van der Waals surface area contributed by atoms with Gasteiger partial charge in [0, 0.05) is 0 Å². The van der Waals surface area contributed by atoms with E-state index in [1.807, 2.05) is 0 Å². The fourth-order valence-corrected chi connectivity index (χ4v) is 0. The number of hydrogen-bond donors (Lipinski definition) is 0. The van der Waals surface area contributed by atoms with Crippen LogP contribution in [-0.4, -0.2) is 2.38 Å². The normalized spacial score (nSPS) is 3.50. The molecule has 0 unspecified atom stereocenters. The van der Waals surface area contributed by atoms with Crippen molar-refractivity contribution in [3.63, 3.8) is 0 Å². The number of halogens is 4. The fourth-order valence-electron chi connectivity index (χ4n) is 0. The molecule has 0 aromatic heterocycles. The first-order valence-corrected chi connectivity index (χ1v) is 0. The predicted molar refractivity (Wildman–Crippen MR) is 75.1 cm³/mol. The molecule has 0 bridgehead atoms. The number of rotatable bonds is 0. The van der Waals surface area contributed by atoms with Crippen LogP contribution in [0.25, 0.3) is 0 Å². The molecule has 0 aliphatic rings. The van der Waals surface area contributed by atoms with Gasteiger partial charge in [-0.15, -0.1) is 95.1 Å². The minimum atomic E-state index is 0. The summed E-state index contributed by atoms with van der Waals surface area (Å²) < 4.78 is 22.9. The first-order chi connectivity index (χ1) is 4.00. The molecule has 0 amide bonds. The van der Waals surface area contributed by atoms with Crippen molar-refractivity contribution >= 4 is 95.1 Å². The van der Waals surface area contributed by atoms with Gasteiger partial charge in [0.25, 0.3) is 0 Å². The molecule has 0 aromatic rings. The Kier molecular flexibility index (Phi) is 1290. The van der Waals surface area contributed by atoms with Crippen LogP contribution in [0.4, 0.5) is 0 Å². The smallest absolute Gasteiger partial charge is 0.107 e. The molecular formula is C2H12I4No2. The maximum absolute atomic E-state index is 5.72. The SMILES string of the molecule is C.C.[2H]I.[2H]I.[2H]I.[2H]I.[No].[No]. The van der Waals surface area contributed by atoms with Crippen LogP contribution in [0.2, 0.25) is 0 Å². The van der Waals surface area contributed by atoms with Crippen molar-refractivity contribution in [3.05, 3.63) is 0 Å². The third-order valence-electron chi connectivity index (χ3n) is 0. The van der Waals surface area contributed by atoms with Crippen molar-refractivity contribution < 1.29 is 0 Å². The summed E-state index contributed by atoms with van der Waals surface area (Å²) in [4.78, 5) is 0. The van der Waals surface area contributed by atoms with Gasteiger partial charge in [-0.1, -0.05) is 14.9 Å². The Bertz CT molecular complexity index is 23.0. The second-order valence-electron chi connectivity index (χ2n) is 0. The average molecular weight is 1070 g/mol. The predicted octanol–water partition coefficient (Wildman–Crippen LogP) is 3.74. The molecule has 8 heavy (non-hydrogen) atoms. The quantitative estimate of drug-likeness (QED) is 0.325. The molecule has 0 radical (unpaired) electrons. The minimum Gasteiger partial charge on any atom is -0.107 e. The molecule has 76 valence electrons. The molecule has 0 saturated carbocycles. The van der Waals surface area contributed by atoms with E-state index in [0.717, 1.165) is 0 Å². The summed E-state index contributed by atoms with van der Waals surface area (Å²) in [6.07, 6.45) is 0. The summed E-state index contributed by atoms with van der Waals surface area (Å²) >= 11 is 5.60. The molecule has 0 aliphatic carbocycles. The molecule has 0 aromatic carbocycles. The Labute approximate surface area is 111 Å². The van der Waals surface area contributed by atoms with Crippen molar-refractivity contribution in [3.8, 4) is 0 Å². The van der Waals surface area contributed by atoms with E-state index < -0.39 is 0 Å². The third kappa shape index (κ3) is 287. The third-order valence-corrected chi connectivity index (χ3v) is 0. The van der Waals surface area contributed by atoms with Crippen molar-refractivity contribution in [2.75, 3.05) is 0 Å². The monoisotopic (exact) mass is 1070 g/mol. The molecule has 0 aliphatic heterocycles. The molecule has 0 heterocycles. The minimum absolute atomic E-state index is 0. The van der Waals surface area contributed by atoms with Gasteiger partial charge in [0.15, 0.2) is 0 Å². The average Bonchev–Trinajstić information content (AvgIpc) is 2.03. The Morgan fingerprint density at radius 2 is 0.625 bits per heavy atom. The van der Waals surface area contributed by atoms with Gasteiger partial charge in [-0.3, -0.25) is 0 Å². The van der Waals surface area contributed by atoms with Gasteiger partial charge in [-0.05, 0) is 0 Å². The van der Waals surface area contributed by atoms with Gasteiger partial charge in [0.2, 0.25) is 0 Å². The molecule has 0 fully saturated rings. The summed E-state index contributed by atoms with van der Waals surface area (Å²) in [6.45, 7) is 0. The van der Waals surface area contributed by atoms with Crippen LogP contribution in [0.5, 0.6) is 0 Å². The van der Waals surface area contributed by atoms with E-state index in [0.29, 0.717) is 0 Å². The van der Waals surface area contributed by atoms with Crippen molar-refractivity contribution in [1.29, 1.82) is 2.38 Å². The summed E-state index contributed by atoms with van der Waals surface area (Å²) in [7, 11) is 0. The zero-order chi connectivity index (χ0) is 8.00. The van der Waals surface area contributed by atoms with Crippen molar-refractivity contribution in [2.24, 2.45) is 0 Å². The second-order valence-corrected chi connectivity index (χ2v) is 0. The van der Waals surface area contributed by atoms with Gasteiger partial charge < -0.3 is 0 Å². The van der Waals surface area contributed by atoms with Crippen molar-refractivity contribution in [1.82, 2.24) is 0 Å². The maximum atomic E-state index is 5.72. The van der Waals surface area contributed by atoms with E-state index in [2.05, 4.69) is 0 Å². The summed E-state index contributed by atoms with van der Waals surface area (Å²) in [6, 6.07) is 0. The van der Waals surface area contributed by atoms with Crippen LogP contribution in [0.3, 0.4) is 0 Å². The summed E-state index contributed by atoms with van der Waals surface area (Å²) in [5, 5.41) is 0. The van der Waals surface area contributed by atoms with Crippen LogP contribution in [0.15, 0.2) is 0 Å². The van der Waals surface area contributed by atoms with E-state index >= 15 is 0 Å². The van der Waals surface area contributed by atoms with E-state index in [-0.39, 0.29) is 14.9 Å². The van der Waals surface area contributed by atoms with Gasteiger partial charge in [0.1, 0.15) is 2.38 Å². The van der Waals surface area contributed by atoms with E-state index in [1.165, 1.54) is 95.1 Å². The van der Waals surface area contributed by atoms with E-state index in [4.69, 9.17) is 2.38 Å². The molecule has 0 nitrogen and oxygen atoms in total. The Hall–Kier alpha value is 0.920. The number of hydrogen-bond acceptors (Lipinski definition) is 0. The molecule has 6 heteroatoms. The molecule has 0 atom stereocenters. The maximum Gasteiger partial charge on any atom is 0.107 e. The first kappa shape index (κ1) is 23.1. The van der Waals surface area contributed by atoms with E-state index in [1.54, 1.807) is 0 Å². The Balaban J connectivity index is -0.00000000267. The first-order valence-electron chi connectivity index (χ1n) is 1.51. The Morgan fingerprint density at radius 3 is 0.625 bits per heavy atom. The van der Waals surface area contributed by atoms with Gasteiger partial charge in [-0.2, -0.15) is 0 Å². The summed E-state index contributed by atoms with van der Waals surface area (Å²) in [5.41, 5.74) is 0. The molecule has 0 saturated heterocycles. The van der Waals surface area contributed by atoms with Crippen LogP contribution in [0, 0.1) is 0 Å². The fraction of sp³-hybridized carbons (Fsp3) is 1.00. The molecule has 0 spiro atoms. The van der Waals surface area contributed by atoms with Gasteiger partial charge >= 0.3 is 0 Å². The second kappa shape index (κ2) is 448. The van der Waals surface area contributed by atoms with Gasteiger partial charge in [-0.25, -0.2) is 0 Å². The van der Waals surface area contributed by atoms with E-state index in [9.17, 15) is 0 Å². The molecule has 0 N–H and O–H groups in total. The van der Waals surface area contributed by atoms with Crippen LogP contribution < -0.4 is 0 Å². The summed E-state index contributed by atoms with van der Waals surface area (Å²) in [5.74, 6) is 0. The van der Waals surface area contributed by atoms with Crippen LogP contribution in [-0.2, 0) is 0 Å². The standard InChI is InChI=1S/2CH4.4HI.2No/h2*1H4;4*1H;;/i/hD4. The molecular weight excluding hydrogens is 1050 g/mol. The van der Waals surface area contributed by atoms with Crippen molar-refractivity contribution in [2.45, 2.75) is 14.9 Å². The largest absolute Gasteiger partial charge is 0.107 e.